The summed E-state index contributed by atoms with van der Waals surface area (Å²) in [6.07, 6.45) is -4.67. The molecule has 1 atom stereocenters. The molecule has 2 nitrogen and oxygen atoms in total. The smallest absolute Gasteiger partial charge is 0.378 e. The van der Waals surface area contributed by atoms with Crippen molar-refractivity contribution in [2.24, 2.45) is 0 Å². The van der Waals surface area contributed by atoms with Gasteiger partial charge in [-0.3, -0.25) is 0 Å². The molecule has 0 saturated carbocycles. The van der Waals surface area contributed by atoms with Crippen molar-refractivity contribution in [1.29, 1.82) is 0 Å². The molecule has 1 aromatic carbocycles. The molecule has 1 fully saturated rings. The second kappa shape index (κ2) is 5.86. The Kier molecular flexibility index (Phi) is 4.95. The lowest BCUT2D eigenvalue weighted by molar-refractivity contribution is -0.140. The molecule has 0 aromatic heterocycles. The molecule has 1 saturated heterocycles. The Morgan fingerprint density at radius 1 is 1.28 bits per heavy atom. The summed E-state index contributed by atoms with van der Waals surface area (Å²) in [5.74, 6) is -1.22. The van der Waals surface area contributed by atoms with Crippen LogP contribution in [0.25, 0.3) is 0 Å². The van der Waals surface area contributed by atoms with Gasteiger partial charge >= 0.3 is 6.18 Å². The van der Waals surface area contributed by atoms with E-state index >= 15 is 0 Å². The number of hydrogen-bond acceptors (Lipinski definition) is 2. The van der Waals surface area contributed by atoms with Crippen LogP contribution < -0.4 is 5.32 Å². The molecule has 1 N–H and O–H groups in total. The Hall–Kier alpha value is -0.850. The molecule has 102 valence electrons. The summed E-state index contributed by atoms with van der Waals surface area (Å²) in [5.41, 5.74) is -1.23. The van der Waals surface area contributed by atoms with Crippen LogP contribution in [0.15, 0.2) is 18.2 Å². The van der Waals surface area contributed by atoms with Crippen LogP contribution in [0, 0.1) is 5.82 Å². The molecular formula is C11H12ClF4NO. The van der Waals surface area contributed by atoms with Crippen LogP contribution in [0.4, 0.5) is 17.6 Å². The van der Waals surface area contributed by atoms with E-state index in [4.69, 9.17) is 4.74 Å². The minimum atomic E-state index is -4.67. The second-order valence-electron chi connectivity index (χ2n) is 3.79. The van der Waals surface area contributed by atoms with Crippen molar-refractivity contribution < 1.29 is 22.3 Å². The highest BCUT2D eigenvalue weighted by Crippen LogP contribution is 2.34. The van der Waals surface area contributed by atoms with Gasteiger partial charge in [0.25, 0.3) is 0 Å². The average molecular weight is 286 g/mol. The molecule has 1 aromatic rings. The zero-order valence-electron chi connectivity index (χ0n) is 9.26. The molecule has 0 amide bonds. The van der Waals surface area contributed by atoms with Gasteiger partial charge in [-0.2, -0.15) is 13.2 Å². The summed E-state index contributed by atoms with van der Waals surface area (Å²) in [6.45, 7) is 1.16. The van der Waals surface area contributed by atoms with E-state index in [1.807, 2.05) is 0 Å². The summed E-state index contributed by atoms with van der Waals surface area (Å²) in [7, 11) is 0. The van der Waals surface area contributed by atoms with Crippen LogP contribution in [-0.4, -0.2) is 19.8 Å². The van der Waals surface area contributed by atoms with Gasteiger partial charge in [0.15, 0.2) is 0 Å². The number of halogens is 5. The molecule has 0 spiro atoms. The predicted molar refractivity (Wildman–Crippen MR) is 60.2 cm³/mol. The third-order valence-corrected chi connectivity index (χ3v) is 2.63. The zero-order chi connectivity index (χ0) is 12.5. The molecule has 0 aliphatic carbocycles. The number of hydrogen-bond donors (Lipinski definition) is 1. The van der Waals surface area contributed by atoms with Gasteiger partial charge in [-0.15, -0.1) is 12.4 Å². The topological polar surface area (TPSA) is 21.3 Å². The molecule has 0 radical (unpaired) electrons. The van der Waals surface area contributed by atoms with Gasteiger partial charge in [0.05, 0.1) is 24.8 Å². The van der Waals surface area contributed by atoms with Crippen LogP contribution in [-0.2, 0) is 10.9 Å². The van der Waals surface area contributed by atoms with E-state index < -0.39 is 23.6 Å². The van der Waals surface area contributed by atoms with Crippen molar-refractivity contribution in [2.75, 3.05) is 19.8 Å². The Morgan fingerprint density at radius 2 is 2.00 bits per heavy atom. The van der Waals surface area contributed by atoms with E-state index in [0.717, 1.165) is 6.07 Å². The predicted octanol–water partition coefficient (Wildman–Crippen LogP) is 2.93. The molecular weight excluding hydrogens is 274 g/mol. The van der Waals surface area contributed by atoms with Gasteiger partial charge in [-0.05, 0) is 6.07 Å². The number of morpholine rings is 1. The Bertz CT molecular complexity index is 405. The highest BCUT2D eigenvalue weighted by Gasteiger charge is 2.35. The van der Waals surface area contributed by atoms with Gasteiger partial charge in [0.2, 0.25) is 0 Å². The third kappa shape index (κ3) is 3.13. The number of ether oxygens (including phenoxy) is 1. The molecule has 1 heterocycles. The highest BCUT2D eigenvalue weighted by atomic mass is 35.5. The van der Waals surface area contributed by atoms with E-state index in [1.165, 1.54) is 12.1 Å². The van der Waals surface area contributed by atoms with Crippen molar-refractivity contribution in [3.8, 4) is 0 Å². The number of alkyl halides is 3. The molecule has 2 rings (SSSR count). The van der Waals surface area contributed by atoms with Gasteiger partial charge < -0.3 is 10.1 Å². The quantitative estimate of drug-likeness (QED) is 0.801. The minimum absolute atomic E-state index is 0. The number of benzene rings is 1. The van der Waals surface area contributed by atoms with Crippen molar-refractivity contribution in [2.45, 2.75) is 12.2 Å². The molecule has 0 bridgehead atoms. The van der Waals surface area contributed by atoms with Gasteiger partial charge in [-0.1, -0.05) is 12.1 Å². The summed E-state index contributed by atoms with van der Waals surface area (Å²) in [4.78, 5) is 0. The van der Waals surface area contributed by atoms with Crippen LogP contribution in [0.2, 0.25) is 0 Å². The lowest BCUT2D eigenvalue weighted by Gasteiger charge is -2.25. The first-order valence-electron chi connectivity index (χ1n) is 5.17. The minimum Gasteiger partial charge on any atom is -0.378 e. The lowest BCUT2D eigenvalue weighted by atomic mass is 10.0. The first-order valence-corrected chi connectivity index (χ1v) is 5.17. The van der Waals surface area contributed by atoms with Crippen molar-refractivity contribution in [1.82, 2.24) is 5.32 Å². The third-order valence-electron chi connectivity index (χ3n) is 2.63. The van der Waals surface area contributed by atoms with Gasteiger partial charge in [0, 0.05) is 12.1 Å². The first kappa shape index (κ1) is 15.2. The van der Waals surface area contributed by atoms with Crippen molar-refractivity contribution in [3.05, 3.63) is 35.1 Å². The van der Waals surface area contributed by atoms with E-state index in [0.29, 0.717) is 13.2 Å². The summed E-state index contributed by atoms with van der Waals surface area (Å²) < 4.78 is 56.4. The standard InChI is InChI=1S/C11H11F4NO.ClH/c12-10-7(9-6-17-5-4-16-9)2-1-3-8(10)11(13,14)15;/h1-3,9,16H,4-6H2;1H/t9-;/m0./s1. The molecule has 0 unspecified atom stereocenters. The Balaban J connectivity index is 0.00000162. The number of nitrogens with one attached hydrogen (secondary N) is 1. The van der Waals surface area contributed by atoms with Crippen LogP contribution in [0.3, 0.4) is 0 Å². The number of rotatable bonds is 1. The van der Waals surface area contributed by atoms with Crippen LogP contribution in [0.5, 0.6) is 0 Å². The van der Waals surface area contributed by atoms with Crippen LogP contribution >= 0.6 is 12.4 Å². The fourth-order valence-electron chi connectivity index (χ4n) is 1.80. The second-order valence-corrected chi connectivity index (χ2v) is 3.79. The largest absolute Gasteiger partial charge is 0.419 e. The molecule has 1 aliphatic heterocycles. The zero-order valence-corrected chi connectivity index (χ0v) is 10.1. The highest BCUT2D eigenvalue weighted by molar-refractivity contribution is 5.85. The lowest BCUT2D eigenvalue weighted by Crippen LogP contribution is -2.35. The summed E-state index contributed by atoms with van der Waals surface area (Å²) in [6, 6.07) is 2.77. The molecule has 1 aliphatic rings. The van der Waals surface area contributed by atoms with Crippen molar-refractivity contribution >= 4 is 12.4 Å². The van der Waals surface area contributed by atoms with E-state index in [-0.39, 0.29) is 24.6 Å². The molecule has 18 heavy (non-hydrogen) atoms. The maximum absolute atomic E-state index is 13.7. The Morgan fingerprint density at radius 3 is 2.56 bits per heavy atom. The summed E-state index contributed by atoms with van der Waals surface area (Å²) in [5, 5.41) is 2.92. The first-order chi connectivity index (χ1) is 8.00. The average Bonchev–Trinajstić information content (AvgIpc) is 2.29. The van der Waals surface area contributed by atoms with Gasteiger partial charge in [-0.25, -0.2) is 4.39 Å². The van der Waals surface area contributed by atoms with Crippen LogP contribution in [0.1, 0.15) is 17.2 Å². The van der Waals surface area contributed by atoms with E-state index in [9.17, 15) is 17.6 Å². The maximum atomic E-state index is 13.7. The molecule has 7 heteroatoms. The normalized spacial score (nSPS) is 20.3. The maximum Gasteiger partial charge on any atom is 0.419 e. The summed E-state index contributed by atoms with van der Waals surface area (Å²) >= 11 is 0. The monoisotopic (exact) mass is 285 g/mol. The SMILES string of the molecule is Cl.Fc1c([C@@H]2COCCN2)cccc1C(F)(F)F. The fourth-order valence-corrected chi connectivity index (χ4v) is 1.80. The van der Waals surface area contributed by atoms with Gasteiger partial charge in [0.1, 0.15) is 5.82 Å². The van der Waals surface area contributed by atoms with E-state index in [1.54, 1.807) is 0 Å². The van der Waals surface area contributed by atoms with E-state index in [2.05, 4.69) is 5.32 Å². The Labute approximate surface area is 108 Å². The fraction of sp³-hybridized carbons (Fsp3) is 0.455. The van der Waals surface area contributed by atoms with Crippen molar-refractivity contribution in [3.63, 3.8) is 0 Å².